The molecule has 4 aliphatic rings. The molecule has 0 bridgehead atoms. The lowest BCUT2D eigenvalue weighted by atomic mass is 9.68. The fourth-order valence-corrected chi connectivity index (χ4v) is 5.19. The van der Waals surface area contributed by atoms with E-state index in [-0.39, 0.29) is 36.4 Å². The van der Waals surface area contributed by atoms with Gasteiger partial charge in [0.2, 0.25) is 11.8 Å². The van der Waals surface area contributed by atoms with Crippen molar-refractivity contribution in [3.8, 4) is 0 Å². The van der Waals surface area contributed by atoms with Crippen LogP contribution in [0.5, 0.6) is 0 Å². The Bertz CT molecular complexity index is 923. The molecule has 1 aliphatic carbocycles. The lowest BCUT2D eigenvalue weighted by Crippen LogP contribution is -2.55. The molecule has 2 saturated heterocycles. The second-order valence-corrected chi connectivity index (χ2v) is 8.66. The highest BCUT2D eigenvalue weighted by molar-refractivity contribution is 6.05. The highest BCUT2D eigenvalue weighted by atomic mass is 16.2. The summed E-state index contributed by atoms with van der Waals surface area (Å²) >= 11 is 0. The summed E-state index contributed by atoms with van der Waals surface area (Å²) in [6, 6.07) is 1.20. The molecular weight excluding hydrogens is 360 g/mol. The molecule has 0 unspecified atom stereocenters. The normalized spacial score (nSPS) is 26.9. The van der Waals surface area contributed by atoms with Crippen LogP contribution in [0.25, 0.3) is 0 Å². The number of fused-ring (bicyclic) bond motifs is 1. The molecule has 1 spiro atoms. The third-order valence-electron chi connectivity index (χ3n) is 7.03. The van der Waals surface area contributed by atoms with Crippen LogP contribution in [0.4, 0.5) is 0 Å². The monoisotopic (exact) mass is 384 g/mol. The first-order chi connectivity index (χ1) is 13.5. The van der Waals surface area contributed by atoms with Crippen molar-refractivity contribution < 1.29 is 14.4 Å². The van der Waals surface area contributed by atoms with Gasteiger partial charge < -0.3 is 14.8 Å². The van der Waals surface area contributed by atoms with Crippen molar-refractivity contribution >= 4 is 17.7 Å². The summed E-state index contributed by atoms with van der Waals surface area (Å²) in [4.78, 5) is 50.9. The number of imide groups is 1. The Morgan fingerprint density at radius 3 is 2.43 bits per heavy atom. The average Bonchev–Trinajstić information content (AvgIpc) is 2.99. The number of hydrogen-bond acceptors (Lipinski definition) is 5. The van der Waals surface area contributed by atoms with Crippen LogP contribution in [0.15, 0.2) is 17.1 Å². The van der Waals surface area contributed by atoms with Crippen molar-refractivity contribution in [2.75, 3.05) is 13.1 Å². The maximum Gasteiger partial charge on any atom is 0.256 e. The molecule has 3 fully saturated rings. The zero-order valence-electron chi connectivity index (χ0n) is 15.7. The van der Waals surface area contributed by atoms with E-state index in [0.717, 1.165) is 38.8 Å². The summed E-state index contributed by atoms with van der Waals surface area (Å²) in [6.07, 6.45) is 6.45. The maximum absolute atomic E-state index is 13.1. The van der Waals surface area contributed by atoms with Gasteiger partial charge in [-0.05, 0) is 43.6 Å². The van der Waals surface area contributed by atoms with Crippen molar-refractivity contribution in [2.24, 2.45) is 5.41 Å². The number of rotatable bonds is 2. The van der Waals surface area contributed by atoms with Crippen LogP contribution in [0, 0.1) is 5.41 Å². The molecule has 0 aromatic carbocycles. The molecule has 1 aromatic heterocycles. The molecule has 8 heteroatoms. The van der Waals surface area contributed by atoms with E-state index in [1.165, 1.54) is 4.90 Å². The van der Waals surface area contributed by atoms with Gasteiger partial charge in [-0.2, -0.15) is 0 Å². The zero-order valence-corrected chi connectivity index (χ0v) is 15.7. The summed E-state index contributed by atoms with van der Waals surface area (Å²) in [5, 5.41) is 5.64. The summed E-state index contributed by atoms with van der Waals surface area (Å²) in [5.41, 5.74) is 1.17. The minimum absolute atomic E-state index is 0.117. The Kier molecular flexibility index (Phi) is 3.94. The van der Waals surface area contributed by atoms with E-state index >= 15 is 0 Å². The number of hydrogen-bond donors (Lipinski definition) is 2. The molecule has 0 radical (unpaired) electrons. The van der Waals surface area contributed by atoms with Gasteiger partial charge in [0.05, 0.1) is 12.1 Å². The predicted octanol–water partition coefficient (Wildman–Crippen LogP) is 0.314. The fraction of sp³-hybridized carbons (Fsp3) is 0.600. The summed E-state index contributed by atoms with van der Waals surface area (Å²) in [7, 11) is 0. The van der Waals surface area contributed by atoms with Crippen molar-refractivity contribution in [1.82, 2.24) is 20.1 Å². The quantitative estimate of drug-likeness (QED) is 0.715. The first-order valence-corrected chi connectivity index (χ1v) is 10.1. The minimum atomic E-state index is -0.689. The van der Waals surface area contributed by atoms with E-state index in [9.17, 15) is 19.2 Å². The Balaban J connectivity index is 1.38. The number of nitrogens with zero attached hydrogens (tertiary/aromatic N) is 2. The third-order valence-corrected chi connectivity index (χ3v) is 7.03. The number of pyridine rings is 1. The first kappa shape index (κ1) is 17.6. The molecular formula is C20H24N4O4. The van der Waals surface area contributed by atoms with Gasteiger partial charge in [0.15, 0.2) is 0 Å². The molecule has 5 rings (SSSR count). The number of amides is 3. The highest BCUT2D eigenvalue weighted by Gasteiger charge is 2.42. The Hall–Kier alpha value is -2.48. The number of carbonyl (C=O) groups is 3. The van der Waals surface area contributed by atoms with Gasteiger partial charge in [-0.15, -0.1) is 0 Å². The average molecular weight is 384 g/mol. The van der Waals surface area contributed by atoms with Crippen molar-refractivity contribution in [3.05, 3.63) is 33.7 Å². The van der Waals surface area contributed by atoms with Crippen molar-refractivity contribution in [2.45, 2.75) is 57.2 Å². The van der Waals surface area contributed by atoms with Gasteiger partial charge in [0.25, 0.3) is 11.5 Å². The van der Waals surface area contributed by atoms with E-state index in [2.05, 4.69) is 10.6 Å². The molecule has 148 valence electrons. The van der Waals surface area contributed by atoms with Gasteiger partial charge in [-0.25, -0.2) is 0 Å². The van der Waals surface area contributed by atoms with Crippen LogP contribution in [0.1, 0.15) is 60.5 Å². The minimum Gasteiger partial charge on any atom is -0.322 e. The number of aromatic nitrogens is 1. The van der Waals surface area contributed by atoms with Crippen LogP contribution in [-0.4, -0.2) is 46.3 Å². The topological polar surface area (TPSA) is 101 Å². The molecule has 3 amide bonds. The Morgan fingerprint density at radius 2 is 1.79 bits per heavy atom. The maximum atomic E-state index is 13.1. The van der Waals surface area contributed by atoms with E-state index in [0.29, 0.717) is 23.0 Å². The number of carbonyl (C=O) groups excluding carboxylic acids is 3. The number of nitrogens with one attached hydrogen (secondary N) is 2. The SMILES string of the molecule is O=C1CC[C@@H](N2Cc3c(ccn(C4CCC5(CC4)CNC5)c3=O)C2=O)C(=O)N1. The van der Waals surface area contributed by atoms with Gasteiger partial charge >= 0.3 is 0 Å². The van der Waals surface area contributed by atoms with Gasteiger partial charge in [-0.1, -0.05) is 0 Å². The van der Waals surface area contributed by atoms with Crippen molar-refractivity contribution in [3.63, 3.8) is 0 Å². The molecule has 1 aromatic rings. The van der Waals surface area contributed by atoms with Crippen LogP contribution >= 0.6 is 0 Å². The largest absolute Gasteiger partial charge is 0.322 e. The smallest absolute Gasteiger partial charge is 0.256 e. The molecule has 28 heavy (non-hydrogen) atoms. The second kappa shape index (κ2) is 6.27. The second-order valence-electron chi connectivity index (χ2n) is 8.66. The van der Waals surface area contributed by atoms with E-state index in [4.69, 9.17) is 0 Å². The van der Waals surface area contributed by atoms with Gasteiger partial charge in [-0.3, -0.25) is 24.5 Å². The standard InChI is InChI=1S/C20H24N4O4/c25-16-2-1-15(17(26)22-16)24-9-14-13(18(24)27)5-8-23(19(14)28)12-3-6-20(7-4-12)10-21-11-20/h5,8,12,15,21H,1-4,6-7,9-11H2,(H,22,25,26)/t15-/m1/s1. The Morgan fingerprint density at radius 1 is 1.04 bits per heavy atom. The summed E-state index contributed by atoms with van der Waals surface area (Å²) < 4.78 is 1.79. The number of piperidine rings is 1. The zero-order chi connectivity index (χ0) is 19.5. The molecule has 8 nitrogen and oxygen atoms in total. The molecule has 3 aliphatic heterocycles. The van der Waals surface area contributed by atoms with Crippen LogP contribution in [0.2, 0.25) is 0 Å². The van der Waals surface area contributed by atoms with Crippen molar-refractivity contribution in [1.29, 1.82) is 0 Å². The Labute approximate surface area is 162 Å². The first-order valence-electron chi connectivity index (χ1n) is 10.1. The highest BCUT2D eigenvalue weighted by Crippen LogP contribution is 2.43. The lowest BCUT2D eigenvalue weighted by Gasteiger charge is -2.47. The van der Waals surface area contributed by atoms with E-state index in [1.807, 2.05) is 0 Å². The third kappa shape index (κ3) is 2.62. The lowest BCUT2D eigenvalue weighted by molar-refractivity contribution is -0.136. The van der Waals surface area contributed by atoms with Gasteiger partial charge in [0.1, 0.15) is 6.04 Å². The van der Waals surface area contributed by atoms with E-state index in [1.54, 1.807) is 16.8 Å². The van der Waals surface area contributed by atoms with Gasteiger partial charge in [0, 0.05) is 37.3 Å². The van der Waals surface area contributed by atoms with E-state index < -0.39 is 11.9 Å². The van der Waals surface area contributed by atoms with Crippen LogP contribution in [0.3, 0.4) is 0 Å². The molecule has 2 N–H and O–H groups in total. The van der Waals surface area contributed by atoms with Crippen LogP contribution in [-0.2, 0) is 16.1 Å². The molecule has 1 atom stereocenters. The summed E-state index contributed by atoms with van der Waals surface area (Å²) in [5.74, 6) is -1.06. The predicted molar refractivity (Wildman–Crippen MR) is 99.6 cm³/mol. The molecule has 4 heterocycles. The van der Waals surface area contributed by atoms with Crippen LogP contribution < -0.4 is 16.2 Å². The summed E-state index contributed by atoms with van der Waals surface area (Å²) in [6.45, 7) is 2.29. The fourth-order valence-electron chi connectivity index (χ4n) is 5.19. The molecule has 1 saturated carbocycles.